The standard InChI is InChI=1S/C22H14F7N5O2/c23-15-5-6-17(18(24)9-15)20(35,11-34-12-31-32-33-34)21(25,26)19-7-4-14(10-30-19)13-2-1-3-16(8-13)36-22(27,28)29/h1-10,12,35H,11H2. The second-order valence-electron chi connectivity index (χ2n) is 7.57. The number of pyridine rings is 1. The number of hydrogen-bond acceptors (Lipinski definition) is 6. The second kappa shape index (κ2) is 9.18. The topological polar surface area (TPSA) is 86.0 Å². The molecule has 1 atom stereocenters. The van der Waals surface area contributed by atoms with Crippen molar-refractivity contribution in [2.75, 3.05) is 0 Å². The maximum Gasteiger partial charge on any atom is 0.573 e. The molecule has 4 rings (SSSR count). The highest BCUT2D eigenvalue weighted by Crippen LogP contribution is 2.47. The number of halogens is 7. The van der Waals surface area contributed by atoms with Crippen molar-refractivity contribution < 1.29 is 40.6 Å². The number of nitrogens with zero attached hydrogens (tertiary/aromatic N) is 5. The van der Waals surface area contributed by atoms with Crippen LogP contribution in [0.2, 0.25) is 0 Å². The van der Waals surface area contributed by atoms with Gasteiger partial charge in [-0.05, 0) is 46.3 Å². The lowest BCUT2D eigenvalue weighted by Crippen LogP contribution is -2.48. The van der Waals surface area contributed by atoms with Gasteiger partial charge in [0.15, 0.2) is 5.60 Å². The molecule has 4 aromatic rings. The molecule has 2 heterocycles. The number of aromatic nitrogens is 5. The van der Waals surface area contributed by atoms with Crippen LogP contribution in [0, 0.1) is 11.6 Å². The van der Waals surface area contributed by atoms with Crippen LogP contribution in [0.15, 0.2) is 67.1 Å². The molecule has 0 saturated carbocycles. The molecule has 14 heteroatoms. The first-order valence-corrected chi connectivity index (χ1v) is 9.98. The Kier molecular flexibility index (Phi) is 6.39. The Labute approximate surface area is 197 Å². The summed E-state index contributed by atoms with van der Waals surface area (Å²) >= 11 is 0. The average molecular weight is 513 g/mol. The predicted molar refractivity (Wildman–Crippen MR) is 108 cm³/mol. The zero-order valence-electron chi connectivity index (χ0n) is 17.8. The van der Waals surface area contributed by atoms with Gasteiger partial charge in [0.25, 0.3) is 0 Å². The van der Waals surface area contributed by atoms with Gasteiger partial charge in [0.2, 0.25) is 0 Å². The van der Waals surface area contributed by atoms with Gasteiger partial charge in [-0.2, -0.15) is 8.78 Å². The summed E-state index contributed by atoms with van der Waals surface area (Å²) in [6, 6.07) is 8.41. The summed E-state index contributed by atoms with van der Waals surface area (Å²) < 4.78 is 102. The van der Waals surface area contributed by atoms with E-state index < -0.39 is 53.1 Å². The normalized spacial score (nSPS) is 13.9. The van der Waals surface area contributed by atoms with Crippen LogP contribution in [0.1, 0.15) is 11.3 Å². The van der Waals surface area contributed by atoms with E-state index in [-0.39, 0.29) is 11.1 Å². The van der Waals surface area contributed by atoms with Crippen LogP contribution in [-0.4, -0.2) is 36.7 Å². The summed E-state index contributed by atoms with van der Waals surface area (Å²) in [5, 5.41) is 21.2. The molecule has 2 aromatic heterocycles. The summed E-state index contributed by atoms with van der Waals surface area (Å²) in [6.45, 7) is -1.03. The van der Waals surface area contributed by atoms with E-state index >= 15 is 8.78 Å². The number of aliphatic hydroxyl groups is 1. The molecule has 36 heavy (non-hydrogen) atoms. The van der Waals surface area contributed by atoms with Gasteiger partial charge in [0.05, 0.1) is 6.54 Å². The molecule has 0 aliphatic carbocycles. The van der Waals surface area contributed by atoms with Gasteiger partial charge in [-0.15, -0.1) is 18.3 Å². The van der Waals surface area contributed by atoms with Gasteiger partial charge in [0.1, 0.15) is 29.4 Å². The molecule has 2 aromatic carbocycles. The van der Waals surface area contributed by atoms with E-state index in [1.165, 1.54) is 12.1 Å². The van der Waals surface area contributed by atoms with Crippen LogP contribution in [-0.2, 0) is 18.1 Å². The van der Waals surface area contributed by atoms with E-state index in [9.17, 15) is 27.1 Å². The average Bonchev–Trinajstić information content (AvgIpc) is 3.31. The molecular weight excluding hydrogens is 499 g/mol. The molecule has 0 fully saturated rings. The SMILES string of the molecule is OC(Cn1cnnn1)(c1ccc(F)cc1F)C(F)(F)c1ccc(-c2cccc(OC(F)(F)F)c2)cn1. The van der Waals surface area contributed by atoms with E-state index in [1.807, 2.05) is 0 Å². The van der Waals surface area contributed by atoms with Crippen molar-refractivity contribution >= 4 is 0 Å². The molecule has 0 aliphatic heterocycles. The van der Waals surface area contributed by atoms with Crippen molar-refractivity contribution in [3.8, 4) is 16.9 Å². The van der Waals surface area contributed by atoms with Gasteiger partial charge >= 0.3 is 12.3 Å². The van der Waals surface area contributed by atoms with Gasteiger partial charge in [-0.25, -0.2) is 13.5 Å². The zero-order chi connectivity index (χ0) is 26.1. The molecule has 0 bridgehead atoms. The molecule has 0 saturated heterocycles. The first kappa shape index (κ1) is 25.0. The Morgan fingerprint density at radius 1 is 0.917 bits per heavy atom. The van der Waals surface area contributed by atoms with E-state index in [1.54, 1.807) is 0 Å². The smallest absolute Gasteiger partial charge is 0.406 e. The summed E-state index contributed by atoms with van der Waals surface area (Å²) in [5.74, 6) is -7.30. The van der Waals surface area contributed by atoms with Gasteiger partial charge in [-0.1, -0.05) is 18.2 Å². The summed E-state index contributed by atoms with van der Waals surface area (Å²) in [7, 11) is 0. The Morgan fingerprint density at radius 3 is 2.31 bits per heavy atom. The lowest BCUT2D eigenvalue weighted by atomic mass is 9.84. The minimum Gasteiger partial charge on any atom is -0.406 e. The molecule has 1 unspecified atom stereocenters. The van der Waals surface area contributed by atoms with Gasteiger partial charge < -0.3 is 9.84 Å². The van der Waals surface area contributed by atoms with Crippen LogP contribution >= 0.6 is 0 Å². The lowest BCUT2D eigenvalue weighted by Gasteiger charge is -2.35. The molecule has 188 valence electrons. The van der Waals surface area contributed by atoms with Crippen LogP contribution in [0.25, 0.3) is 11.1 Å². The van der Waals surface area contributed by atoms with E-state index in [2.05, 4.69) is 25.2 Å². The van der Waals surface area contributed by atoms with E-state index in [0.29, 0.717) is 18.2 Å². The van der Waals surface area contributed by atoms with E-state index in [4.69, 9.17) is 0 Å². The Hall–Kier alpha value is -4.07. The highest BCUT2D eigenvalue weighted by molar-refractivity contribution is 5.64. The predicted octanol–water partition coefficient (Wildman–Crippen LogP) is 4.59. The first-order valence-electron chi connectivity index (χ1n) is 9.98. The fourth-order valence-corrected chi connectivity index (χ4v) is 3.50. The molecule has 0 aliphatic rings. The quantitative estimate of drug-likeness (QED) is 0.364. The minimum absolute atomic E-state index is 0.152. The van der Waals surface area contributed by atoms with Crippen LogP contribution in [0.4, 0.5) is 30.7 Å². The molecule has 7 nitrogen and oxygen atoms in total. The molecule has 0 spiro atoms. The maximum absolute atomic E-state index is 15.7. The van der Waals surface area contributed by atoms with Crippen LogP contribution < -0.4 is 4.74 Å². The fraction of sp³-hybridized carbons (Fsp3) is 0.182. The van der Waals surface area contributed by atoms with Crippen molar-refractivity contribution in [3.63, 3.8) is 0 Å². The van der Waals surface area contributed by atoms with Crippen LogP contribution in [0.5, 0.6) is 5.75 Å². The molecule has 0 radical (unpaired) electrons. The summed E-state index contributed by atoms with van der Waals surface area (Å²) in [4.78, 5) is 3.67. The summed E-state index contributed by atoms with van der Waals surface area (Å²) in [5.41, 5.74) is -4.94. The number of ether oxygens (including phenoxy) is 1. The Morgan fingerprint density at radius 2 is 1.69 bits per heavy atom. The number of hydrogen-bond donors (Lipinski definition) is 1. The van der Waals surface area contributed by atoms with Crippen molar-refractivity contribution in [2.24, 2.45) is 0 Å². The van der Waals surface area contributed by atoms with Crippen molar-refractivity contribution in [3.05, 3.63) is 90.0 Å². The Bertz CT molecular complexity index is 1350. The number of benzene rings is 2. The largest absolute Gasteiger partial charge is 0.573 e. The fourth-order valence-electron chi connectivity index (χ4n) is 3.50. The van der Waals surface area contributed by atoms with Crippen molar-refractivity contribution in [1.82, 2.24) is 25.2 Å². The summed E-state index contributed by atoms with van der Waals surface area (Å²) in [6.07, 6.45) is -3.08. The lowest BCUT2D eigenvalue weighted by molar-refractivity contribution is -0.274. The third-order valence-electron chi connectivity index (χ3n) is 5.16. The molecule has 1 N–H and O–H groups in total. The zero-order valence-corrected chi connectivity index (χ0v) is 17.8. The van der Waals surface area contributed by atoms with Crippen LogP contribution in [0.3, 0.4) is 0 Å². The maximum atomic E-state index is 15.7. The second-order valence-corrected chi connectivity index (χ2v) is 7.57. The van der Waals surface area contributed by atoms with Crippen molar-refractivity contribution in [1.29, 1.82) is 0 Å². The minimum atomic E-state index is -4.93. The van der Waals surface area contributed by atoms with Gasteiger partial charge in [0, 0.05) is 23.4 Å². The highest BCUT2D eigenvalue weighted by Gasteiger charge is 2.58. The monoisotopic (exact) mass is 513 g/mol. The highest BCUT2D eigenvalue weighted by atomic mass is 19.4. The third kappa shape index (κ3) is 4.98. The van der Waals surface area contributed by atoms with Crippen molar-refractivity contribution in [2.45, 2.75) is 24.4 Å². The molecule has 0 amide bonds. The third-order valence-corrected chi connectivity index (χ3v) is 5.16. The van der Waals surface area contributed by atoms with Gasteiger partial charge in [-0.3, -0.25) is 4.98 Å². The van der Waals surface area contributed by atoms with E-state index in [0.717, 1.165) is 41.5 Å². The number of alkyl halides is 5. The first-order chi connectivity index (χ1) is 16.9. The number of tetrazole rings is 1. The molecular formula is C22H14F7N5O2. The number of rotatable bonds is 7. The Balaban J connectivity index is 1.72.